The summed E-state index contributed by atoms with van der Waals surface area (Å²) in [6.45, 7) is 4.05. The number of hydrogen-bond acceptors (Lipinski definition) is 4. The molecule has 2 aromatic rings. The summed E-state index contributed by atoms with van der Waals surface area (Å²) < 4.78 is 0. The Labute approximate surface area is 171 Å². The fraction of sp³-hybridized carbons (Fsp3) is 0.364. The zero-order valence-corrected chi connectivity index (χ0v) is 17.6. The molecule has 0 unspecified atom stereocenters. The number of nitrogens with one attached hydrogen (secondary N) is 1. The van der Waals surface area contributed by atoms with Crippen LogP contribution >= 0.6 is 11.8 Å². The van der Waals surface area contributed by atoms with Crippen molar-refractivity contribution in [3.63, 3.8) is 0 Å². The Balaban J connectivity index is 1.82. The molecule has 1 heterocycles. The zero-order chi connectivity index (χ0) is 20.3. The number of nitrogens with zero attached hydrogens (tertiary/aromatic N) is 2. The van der Waals surface area contributed by atoms with Crippen LogP contribution in [0.4, 0.5) is 17.1 Å². The highest BCUT2D eigenvalue weighted by atomic mass is 32.2. The van der Waals surface area contributed by atoms with E-state index in [1.54, 1.807) is 11.8 Å². The van der Waals surface area contributed by atoms with Crippen LogP contribution in [0.2, 0.25) is 0 Å². The van der Waals surface area contributed by atoms with E-state index in [0.717, 1.165) is 22.6 Å². The second-order valence-electron chi connectivity index (χ2n) is 7.61. The number of rotatable bonds is 6. The van der Waals surface area contributed by atoms with Crippen LogP contribution in [0.3, 0.4) is 0 Å². The second kappa shape index (κ2) is 8.69. The normalized spacial score (nSPS) is 16.5. The molecule has 3 rings (SSSR count). The second-order valence-corrected chi connectivity index (χ2v) is 8.68. The van der Waals surface area contributed by atoms with Gasteiger partial charge in [0.1, 0.15) is 5.37 Å². The molecule has 0 spiro atoms. The summed E-state index contributed by atoms with van der Waals surface area (Å²) in [5.41, 5.74) is 3.76. The summed E-state index contributed by atoms with van der Waals surface area (Å²) in [5.74, 6) is 0.872. The van der Waals surface area contributed by atoms with Crippen LogP contribution in [0.15, 0.2) is 48.5 Å². The van der Waals surface area contributed by atoms with Gasteiger partial charge in [-0.05, 0) is 47.9 Å². The van der Waals surface area contributed by atoms with Crippen LogP contribution in [0.25, 0.3) is 0 Å². The predicted molar refractivity (Wildman–Crippen MR) is 118 cm³/mol. The van der Waals surface area contributed by atoms with E-state index in [4.69, 9.17) is 0 Å². The summed E-state index contributed by atoms with van der Waals surface area (Å²) in [6, 6.07) is 15.8. The Morgan fingerprint density at radius 1 is 1.21 bits per heavy atom. The van der Waals surface area contributed by atoms with Crippen molar-refractivity contribution in [3.05, 3.63) is 54.1 Å². The Kier molecular flexibility index (Phi) is 6.29. The first-order valence-electron chi connectivity index (χ1n) is 9.46. The minimum Gasteiger partial charge on any atom is -0.378 e. The molecule has 1 N–H and O–H groups in total. The van der Waals surface area contributed by atoms with Crippen LogP contribution in [-0.2, 0) is 9.59 Å². The molecular weight excluding hydrogens is 370 g/mol. The summed E-state index contributed by atoms with van der Waals surface area (Å²) in [5, 5.41) is 2.87. The van der Waals surface area contributed by atoms with Gasteiger partial charge < -0.3 is 10.2 Å². The van der Waals surface area contributed by atoms with Gasteiger partial charge in [0.05, 0.1) is 5.75 Å². The molecule has 0 bridgehead atoms. The Bertz CT molecular complexity index is 849. The maximum Gasteiger partial charge on any atom is 0.238 e. The van der Waals surface area contributed by atoms with Crippen molar-refractivity contribution in [2.45, 2.75) is 25.6 Å². The quantitative estimate of drug-likeness (QED) is 0.779. The molecule has 1 atom stereocenters. The van der Waals surface area contributed by atoms with Crippen molar-refractivity contribution in [3.8, 4) is 0 Å². The van der Waals surface area contributed by atoms with Gasteiger partial charge in [-0.3, -0.25) is 14.5 Å². The average molecular weight is 398 g/mol. The third-order valence-electron chi connectivity index (χ3n) is 4.56. The number of hydrogen-bond donors (Lipinski definition) is 1. The lowest BCUT2D eigenvalue weighted by Gasteiger charge is -2.25. The van der Waals surface area contributed by atoms with Crippen molar-refractivity contribution in [1.29, 1.82) is 0 Å². The molecule has 1 aliphatic heterocycles. The fourth-order valence-electron chi connectivity index (χ4n) is 3.21. The lowest BCUT2D eigenvalue weighted by molar-refractivity contribution is -0.117. The SMILES string of the molecule is CC(C)CC(=O)Nc1cccc([C@@H]2SCC(=O)N2c2ccc(N(C)C)cc2)c1. The first-order valence-corrected chi connectivity index (χ1v) is 10.5. The van der Waals surface area contributed by atoms with Crippen molar-refractivity contribution < 1.29 is 9.59 Å². The lowest BCUT2D eigenvalue weighted by Crippen LogP contribution is -2.27. The van der Waals surface area contributed by atoms with E-state index >= 15 is 0 Å². The molecule has 6 heteroatoms. The maximum atomic E-state index is 12.6. The number of anilines is 3. The van der Waals surface area contributed by atoms with Crippen LogP contribution in [0.5, 0.6) is 0 Å². The van der Waals surface area contributed by atoms with Crippen LogP contribution in [-0.4, -0.2) is 31.7 Å². The number of carbonyl (C=O) groups excluding carboxylic acids is 2. The standard InChI is InChI=1S/C22H27N3O2S/c1-15(2)12-20(26)23-17-7-5-6-16(13-17)22-25(21(27)14-28-22)19-10-8-18(9-11-19)24(3)4/h5-11,13,15,22H,12,14H2,1-4H3,(H,23,26)/t22-/m0/s1. The van der Waals surface area contributed by atoms with E-state index in [1.165, 1.54) is 0 Å². The van der Waals surface area contributed by atoms with E-state index in [1.807, 2.05) is 86.3 Å². The van der Waals surface area contributed by atoms with Gasteiger partial charge in [-0.2, -0.15) is 0 Å². The molecule has 0 aromatic heterocycles. The molecule has 2 aromatic carbocycles. The van der Waals surface area contributed by atoms with Crippen LogP contribution in [0.1, 0.15) is 31.2 Å². The lowest BCUT2D eigenvalue weighted by atomic mass is 10.1. The largest absolute Gasteiger partial charge is 0.378 e. The van der Waals surface area contributed by atoms with Gasteiger partial charge in [-0.25, -0.2) is 0 Å². The first kappa shape index (κ1) is 20.3. The number of benzene rings is 2. The van der Waals surface area contributed by atoms with Gasteiger partial charge in [0.25, 0.3) is 0 Å². The molecule has 1 aliphatic rings. The van der Waals surface area contributed by atoms with Crippen LogP contribution in [0, 0.1) is 5.92 Å². The number of amides is 2. The molecule has 0 saturated carbocycles. The van der Waals surface area contributed by atoms with Gasteiger partial charge >= 0.3 is 0 Å². The van der Waals surface area contributed by atoms with E-state index in [-0.39, 0.29) is 17.2 Å². The van der Waals surface area contributed by atoms with E-state index in [0.29, 0.717) is 18.1 Å². The highest BCUT2D eigenvalue weighted by Crippen LogP contribution is 2.42. The minimum atomic E-state index is -0.0975. The van der Waals surface area contributed by atoms with E-state index in [2.05, 4.69) is 5.32 Å². The third-order valence-corrected chi connectivity index (χ3v) is 5.77. The van der Waals surface area contributed by atoms with E-state index < -0.39 is 0 Å². The summed E-state index contributed by atoms with van der Waals surface area (Å²) in [4.78, 5) is 28.6. The Hall–Kier alpha value is -2.47. The van der Waals surface area contributed by atoms with Gasteiger partial charge in [0.15, 0.2) is 0 Å². The minimum absolute atomic E-state index is 0.0124. The molecule has 28 heavy (non-hydrogen) atoms. The molecular formula is C22H27N3O2S. The van der Waals surface area contributed by atoms with Crippen molar-refractivity contribution >= 4 is 40.6 Å². The smallest absolute Gasteiger partial charge is 0.238 e. The highest BCUT2D eigenvalue weighted by Gasteiger charge is 2.34. The average Bonchev–Trinajstić information content (AvgIpc) is 3.02. The molecule has 0 aliphatic carbocycles. The molecule has 1 fully saturated rings. The van der Waals surface area contributed by atoms with Gasteiger partial charge in [-0.15, -0.1) is 11.8 Å². The van der Waals surface area contributed by atoms with Crippen molar-refractivity contribution in [2.75, 3.05) is 35.0 Å². The Morgan fingerprint density at radius 2 is 1.93 bits per heavy atom. The van der Waals surface area contributed by atoms with Gasteiger partial charge in [0.2, 0.25) is 11.8 Å². The predicted octanol–water partition coefficient (Wildman–Crippen LogP) is 4.52. The van der Waals surface area contributed by atoms with Gasteiger partial charge in [0, 0.05) is 37.6 Å². The summed E-state index contributed by atoms with van der Waals surface area (Å²) >= 11 is 1.61. The molecule has 148 valence electrons. The maximum absolute atomic E-state index is 12.6. The molecule has 0 radical (unpaired) electrons. The summed E-state index contributed by atoms with van der Waals surface area (Å²) in [7, 11) is 3.99. The van der Waals surface area contributed by atoms with Gasteiger partial charge in [-0.1, -0.05) is 26.0 Å². The molecule has 2 amide bonds. The van der Waals surface area contributed by atoms with Crippen molar-refractivity contribution in [1.82, 2.24) is 0 Å². The third kappa shape index (κ3) is 4.68. The molecule has 5 nitrogen and oxygen atoms in total. The number of carbonyl (C=O) groups is 2. The number of thioether (sulfide) groups is 1. The fourth-order valence-corrected chi connectivity index (χ4v) is 4.38. The summed E-state index contributed by atoms with van der Waals surface area (Å²) in [6.07, 6.45) is 0.491. The Morgan fingerprint density at radius 3 is 2.57 bits per heavy atom. The topological polar surface area (TPSA) is 52.7 Å². The first-order chi connectivity index (χ1) is 13.3. The van der Waals surface area contributed by atoms with E-state index in [9.17, 15) is 9.59 Å². The molecule has 1 saturated heterocycles. The highest BCUT2D eigenvalue weighted by molar-refractivity contribution is 8.00. The van der Waals surface area contributed by atoms with Crippen LogP contribution < -0.4 is 15.1 Å². The zero-order valence-electron chi connectivity index (χ0n) is 16.8. The van der Waals surface area contributed by atoms with Crippen molar-refractivity contribution in [2.24, 2.45) is 5.92 Å². The monoisotopic (exact) mass is 397 g/mol.